The topological polar surface area (TPSA) is 41.5 Å². The molecule has 16 heavy (non-hydrogen) atoms. The van der Waals surface area contributed by atoms with Crippen molar-refractivity contribution in [3.05, 3.63) is 22.7 Å². The zero-order valence-electron chi connectivity index (χ0n) is 9.26. The lowest BCUT2D eigenvalue weighted by Gasteiger charge is -2.14. The van der Waals surface area contributed by atoms with Crippen molar-refractivity contribution < 1.29 is 9.84 Å². The van der Waals surface area contributed by atoms with E-state index in [0.717, 1.165) is 11.3 Å². The number of aryl methyl sites for hydroxylation is 1. The van der Waals surface area contributed by atoms with Crippen LogP contribution in [0.4, 0.5) is 5.69 Å². The molecule has 0 saturated heterocycles. The van der Waals surface area contributed by atoms with Gasteiger partial charge in [0.25, 0.3) is 0 Å². The highest BCUT2D eigenvalue weighted by molar-refractivity contribution is 6.31. The van der Waals surface area contributed by atoms with Gasteiger partial charge in [-0.15, -0.1) is 11.6 Å². The van der Waals surface area contributed by atoms with Crippen LogP contribution in [0, 0.1) is 6.92 Å². The van der Waals surface area contributed by atoms with E-state index in [1.807, 2.05) is 13.0 Å². The summed E-state index contributed by atoms with van der Waals surface area (Å²) < 4.78 is 5.21. The molecule has 0 aliphatic heterocycles. The molecule has 2 N–H and O–H groups in total. The number of aliphatic hydroxyl groups is 1. The van der Waals surface area contributed by atoms with Gasteiger partial charge in [0.05, 0.1) is 24.8 Å². The predicted molar refractivity (Wildman–Crippen MR) is 68.0 cm³/mol. The van der Waals surface area contributed by atoms with Gasteiger partial charge >= 0.3 is 0 Å². The van der Waals surface area contributed by atoms with Crippen molar-refractivity contribution in [3.8, 4) is 5.75 Å². The van der Waals surface area contributed by atoms with Gasteiger partial charge in [0, 0.05) is 11.6 Å². The van der Waals surface area contributed by atoms with E-state index in [-0.39, 0.29) is 5.88 Å². The van der Waals surface area contributed by atoms with Gasteiger partial charge in [0.1, 0.15) is 5.75 Å². The molecule has 0 aliphatic rings. The van der Waals surface area contributed by atoms with E-state index >= 15 is 0 Å². The summed E-state index contributed by atoms with van der Waals surface area (Å²) in [6.45, 7) is 2.27. The summed E-state index contributed by atoms with van der Waals surface area (Å²) >= 11 is 11.5. The largest absolute Gasteiger partial charge is 0.495 e. The van der Waals surface area contributed by atoms with Crippen molar-refractivity contribution in [2.24, 2.45) is 0 Å². The van der Waals surface area contributed by atoms with Crippen LogP contribution >= 0.6 is 23.2 Å². The molecule has 5 heteroatoms. The highest BCUT2D eigenvalue weighted by Gasteiger charge is 2.08. The standard InChI is InChI=1S/C11H15Cl2NO2/c1-7-3-11(16-2)10(4-9(7)13)14-6-8(15)5-12/h3-4,8,14-15H,5-6H2,1-2H3. The molecule has 1 atom stereocenters. The maximum Gasteiger partial charge on any atom is 0.142 e. The summed E-state index contributed by atoms with van der Waals surface area (Å²) in [4.78, 5) is 0. The van der Waals surface area contributed by atoms with Crippen LogP contribution in [0.5, 0.6) is 5.75 Å². The van der Waals surface area contributed by atoms with Crippen molar-refractivity contribution in [2.45, 2.75) is 13.0 Å². The second kappa shape index (κ2) is 6.18. The Balaban J connectivity index is 2.81. The van der Waals surface area contributed by atoms with Crippen molar-refractivity contribution in [3.63, 3.8) is 0 Å². The van der Waals surface area contributed by atoms with Gasteiger partial charge in [-0.3, -0.25) is 0 Å². The van der Waals surface area contributed by atoms with Crippen LogP contribution in [0.2, 0.25) is 5.02 Å². The number of benzene rings is 1. The van der Waals surface area contributed by atoms with Gasteiger partial charge in [-0.1, -0.05) is 11.6 Å². The van der Waals surface area contributed by atoms with E-state index in [9.17, 15) is 5.11 Å². The Morgan fingerprint density at radius 2 is 2.19 bits per heavy atom. The fourth-order valence-electron chi connectivity index (χ4n) is 1.24. The Kier molecular flexibility index (Phi) is 5.19. The Morgan fingerprint density at radius 3 is 2.75 bits per heavy atom. The number of hydrogen-bond donors (Lipinski definition) is 2. The molecule has 90 valence electrons. The zero-order chi connectivity index (χ0) is 12.1. The summed E-state index contributed by atoms with van der Waals surface area (Å²) in [5.41, 5.74) is 1.70. The molecule has 0 bridgehead atoms. The number of ether oxygens (including phenoxy) is 1. The van der Waals surface area contributed by atoms with Gasteiger partial charge in [0.15, 0.2) is 0 Å². The third kappa shape index (κ3) is 3.44. The first-order valence-electron chi connectivity index (χ1n) is 4.90. The minimum absolute atomic E-state index is 0.189. The van der Waals surface area contributed by atoms with Crippen LogP contribution in [0.25, 0.3) is 0 Å². The van der Waals surface area contributed by atoms with E-state index in [1.165, 1.54) is 0 Å². The van der Waals surface area contributed by atoms with E-state index in [4.69, 9.17) is 27.9 Å². The SMILES string of the molecule is COc1cc(C)c(Cl)cc1NCC(O)CCl. The van der Waals surface area contributed by atoms with Gasteiger partial charge in [-0.2, -0.15) is 0 Å². The maximum atomic E-state index is 9.34. The monoisotopic (exact) mass is 263 g/mol. The number of hydrogen-bond acceptors (Lipinski definition) is 3. The molecule has 0 spiro atoms. The van der Waals surface area contributed by atoms with Crippen LogP contribution < -0.4 is 10.1 Å². The predicted octanol–water partition coefficient (Wildman–Crippen LogP) is 2.67. The maximum absolute atomic E-state index is 9.34. The minimum Gasteiger partial charge on any atom is -0.495 e. The lowest BCUT2D eigenvalue weighted by molar-refractivity contribution is 0.211. The second-order valence-electron chi connectivity index (χ2n) is 3.49. The first-order valence-corrected chi connectivity index (χ1v) is 5.81. The molecular formula is C11H15Cl2NO2. The Labute approximate surface area is 105 Å². The number of methoxy groups -OCH3 is 1. The Bertz CT molecular complexity index is 358. The van der Waals surface area contributed by atoms with Crippen LogP contribution in [-0.2, 0) is 0 Å². The molecule has 0 saturated carbocycles. The third-order valence-corrected chi connectivity index (χ3v) is 2.95. The van der Waals surface area contributed by atoms with E-state index < -0.39 is 6.10 Å². The summed E-state index contributed by atoms with van der Waals surface area (Å²) in [6.07, 6.45) is -0.591. The number of aliphatic hydroxyl groups excluding tert-OH is 1. The van der Waals surface area contributed by atoms with Crippen molar-refractivity contribution in [1.29, 1.82) is 0 Å². The van der Waals surface area contributed by atoms with Crippen molar-refractivity contribution >= 4 is 28.9 Å². The first kappa shape index (κ1) is 13.4. The van der Waals surface area contributed by atoms with E-state index in [0.29, 0.717) is 17.3 Å². The number of halogens is 2. The molecule has 0 amide bonds. The smallest absolute Gasteiger partial charge is 0.142 e. The zero-order valence-corrected chi connectivity index (χ0v) is 10.8. The minimum atomic E-state index is -0.591. The number of nitrogens with one attached hydrogen (secondary N) is 1. The number of alkyl halides is 1. The van der Waals surface area contributed by atoms with Gasteiger partial charge in [0.2, 0.25) is 0 Å². The molecule has 0 fully saturated rings. The molecule has 1 aromatic carbocycles. The molecule has 1 unspecified atom stereocenters. The van der Waals surface area contributed by atoms with E-state index in [2.05, 4.69) is 5.32 Å². The summed E-state index contributed by atoms with van der Waals surface area (Å²) in [5, 5.41) is 13.0. The highest BCUT2D eigenvalue weighted by Crippen LogP contribution is 2.30. The molecule has 3 nitrogen and oxygen atoms in total. The second-order valence-corrected chi connectivity index (χ2v) is 4.21. The van der Waals surface area contributed by atoms with Crippen LogP contribution in [-0.4, -0.2) is 30.7 Å². The summed E-state index contributed by atoms with van der Waals surface area (Å²) in [7, 11) is 1.59. The average Bonchev–Trinajstić information content (AvgIpc) is 2.29. The fourth-order valence-corrected chi connectivity index (χ4v) is 1.52. The molecular weight excluding hydrogens is 249 g/mol. The molecule has 1 aromatic rings. The highest BCUT2D eigenvalue weighted by atomic mass is 35.5. The van der Waals surface area contributed by atoms with E-state index in [1.54, 1.807) is 13.2 Å². The van der Waals surface area contributed by atoms with Gasteiger partial charge in [-0.05, 0) is 24.6 Å². The van der Waals surface area contributed by atoms with Crippen LogP contribution in [0.1, 0.15) is 5.56 Å². The van der Waals surface area contributed by atoms with Crippen LogP contribution in [0.15, 0.2) is 12.1 Å². The Hall–Kier alpha value is -0.640. The lowest BCUT2D eigenvalue weighted by Crippen LogP contribution is -2.21. The van der Waals surface area contributed by atoms with Gasteiger partial charge < -0.3 is 15.2 Å². The molecule has 0 heterocycles. The number of rotatable bonds is 5. The van der Waals surface area contributed by atoms with Gasteiger partial charge in [-0.25, -0.2) is 0 Å². The molecule has 1 rings (SSSR count). The molecule has 0 radical (unpaired) electrons. The quantitative estimate of drug-likeness (QED) is 0.803. The summed E-state index contributed by atoms with van der Waals surface area (Å²) in [6, 6.07) is 3.62. The molecule has 0 aliphatic carbocycles. The average molecular weight is 264 g/mol. The summed E-state index contributed by atoms with van der Waals surface area (Å²) in [5.74, 6) is 0.887. The lowest BCUT2D eigenvalue weighted by atomic mass is 10.2. The first-order chi connectivity index (χ1) is 7.58. The number of anilines is 1. The fraction of sp³-hybridized carbons (Fsp3) is 0.455. The van der Waals surface area contributed by atoms with Crippen LogP contribution in [0.3, 0.4) is 0 Å². The third-order valence-electron chi connectivity index (χ3n) is 2.19. The van der Waals surface area contributed by atoms with Crippen molar-refractivity contribution in [2.75, 3.05) is 24.9 Å². The Morgan fingerprint density at radius 1 is 1.50 bits per heavy atom. The molecule has 0 aromatic heterocycles. The van der Waals surface area contributed by atoms with Crippen molar-refractivity contribution in [1.82, 2.24) is 0 Å². The normalized spacial score (nSPS) is 12.3.